The van der Waals surface area contributed by atoms with Gasteiger partial charge in [-0.15, -0.1) is 0 Å². The molecular weight excluding hydrogens is 279 g/mol. The number of nitrogens with zero attached hydrogens (tertiary/aromatic N) is 1. The summed E-state index contributed by atoms with van der Waals surface area (Å²) >= 11 is 5.99. The van der Waals surface area contributed by atoms with Gasteiger partial charge in [0.05, 0.1) is 5.02 Å². The second-order valence-corrected chi connectivity index (χ2v) is 5.18. The van der Waals surface area contributed by atoms with Gasteiger partial charge < -0.3 is 10.1 Å². The SMILES string of the molecule is Fc1c(CNC2CC2)ccnc1Oc1ccccc1Cl. The van der Waals surface area contributed by atoms with Gasteiger partial charge in [0.25, 0.3) is 5.88 Å². The maximum Gasteiger partial charge on any atom is 0.256 e. The molecule has 0 bridgehead atoms. The van der Waals surface area contributed by atoms with Crippen molar-refractivity contribution in [3.8, 4) is 11.6 Å². The number of hydrogen-bond donors (Lipinski definition) is 1. The number of nitrogens with one attached hydrogen (secondary N) is 1. The molecule has 0 atom stereocenters. The lowest BCUT2D eigenvalue weighted by molar-refractivity contribution is 0.417. The molecule has 1 aromatic carbocycles. The summed E-state index contributed by atoms with van der Waals surface area (Å²) in [5.41, 5.74) is 0.550. The number of rotatable bonds is 5. The number of ether oxygens (including phenoxy) is 1. The molecule has 1 aliphatic rings. The van der Waals surface area contributed by atoms with Crippen LogP contribution in [0.5, 0.6) is 11.6 Å². The first-order valence-electron chi connectivity index (χ1n) is 6.53. The van der Waals surface area contributed by atoms with Crippen molar-refractivity contribution in [3.05, 3.63) is 52.9 Å². The molecule has 1 aliphatic carbocycles. The fraction of sp³-hybridized carbons (Fsp3) is 0.267. The van der Waals surface area contributed by atoms with Crippen LogP contribution in [0.3, 0.4) is 0 Å². The van der Waals surface area contributed by atoms with Crippen LogP contribution >= 0.6 is 11.6 Å². The summed E-state index contributed by atoms with van der Waals surface area (Å²) in [6.45, 7) is 0.484. The van der Waals surface area contributed by atoms with E-state index >= 15 is 0 Å². The molecule has 0 saturated heterocycles. The number of pyridine rings is 1. The number of hydrogen-bond acceptors (Lipinski definition) is 3. The molecule has 3 nitrogen and oxygen atoms in total. The van der Waals surface area contributed by atoms with Gasteiger partial charge >= 0.3 is 0 Å². The first-order chi connectivity index (χ1) is 9.74. The highest BCUT2D eigenvalue weighted by atomic mass is 35.5. The summed E-state index contributed by atoms with van der Waals surface area (Å²) in [4.78, 5) is 3.93. The van der Waals surface area contributed by atoms with Gasteiger partial charge in [0.15, 0.2) is 5.82 Å². The van der Waals surface area contributed by atoms with Gasteiger partial charge in [-0.25, -0.2) is 9.37 Å². The van der Waals surface area contributed by atoms with Gasteiger partial charge in [0.2, 0.25) is 0 Å². The molecule has 2 aromatic rings. The lowest BCUT2D eigenvalue weighted by Gasteiger charge is -2.10. The Kier molecular flexibility index (Phi) is 3.85. The van der Waals surface area contributed by atoms with Crippen LogP contribution in [0.2, 0.25) is 5.02 Å². The van der Waals surface area contributed by atoms with Crippen LogP contribution in [0, 0.1) is 5.82 Å². The minimum absolute atomic E-state index is 0.0480. The van der Waals surface area contributed by atoms with E-state index in [1.54, 1.807) is 36.5 Å². The molecule has 1 fully saturated rings. The maximum atomic E-state index is 14.3. The van der Waals surface area contributed by atoms with Crippen LogP contribution in [0.25, 0.3) is 0 Å². The molecule has 0 spiro atoms. The topological polar surface area (TPSA) is 34.2 Å². The summed E-state index contributed by atoms with van der Waals surface area (Å²) in [6, 6.07) is 9.11. The van der Waals surface area contributed by atoms with Crippen molar-refractivity contribution in [2.24, 2.45) is 0 Å². The fourth-order valence-corrected chi connectivity index (χ4v) is 2.02. The van der Waals surface area contributed by atoms with E-state index in [2.05, 4.69) is 10.3 Å². The predicted molar refractivity (Wildman–Crippen MR) is 75.6 cm³/mol. The van der Waals surface area contributed by atoms with E-state index in [1.807, 2.05) is 0 Å². The van der Waals surface area contributed by atoms with E-state index in [0.29, 0.717) is 28.9 Å². The molecule has 1 N–H and O–H groups in total. The minimum atomic E-state index is -0.444. The Bertz CT molecular complexity index is 617. The molecule has 20 heavy (non-hydrogen) atoms. The lowest BCUT2D eigenvalue weighted by atomic mass is 10.2. The number of para-hydroxylation sites is 1. The van der Waals surface area contributed by atoms with Crippen LogP contribution in [0.1, 0.15) is 18.4 Å². The summed E-state index contributed by atoms with van der Waals surface area (Å²) in [5, 5.41) is 3.69. The van der Waals surface area contributed by atoms with Crippen LogP contribution < -0.4 is 10.1 Å². The molecule has 5 heteroatoms. The van der Waals surface area contributed by atoms with Crippen LogP contribution in [-0.2, 0) is 6.54 Å². The largest absolute Gasteiger partial charge is 0.435 e. The third-order valence-corrected chi connectivity index (χ3v) is 3.45. The van der Waals surface area contributed by atoms with Gasteiger partial charge in [-0.1, -0.05) is 23.7 Å². The second-order valence-electron chi connectivity index (χ2n) is 4.78. The van der Waals surface area contributed by atoms with Gasteiger partial charge in [-0.2, -0.15) is 0 Å². The molecule has 3 rings (SSSR count). The molecule has 1 saturated carbocycles. The van der Waals surface area contributed by atoms with Crippen molar-refractivity contribution in [2.75, 3.05) is 0 Å². The number of aromatic nitrogens is 1. The Morgan fingerprint density at radius 2 is 2.10 bits per heavy atom. The van der Waals surface area contributed by atoms with E-state index in [1.165, 1.54) is 0 Å². The Morgan fingerprint density at radius 3 is 2.85 bits per heavy atom. The van der Waals surface area contributed by atoms with E-state index in [-0.39, 0.29) is 5.88 Å². The predicted octanol–water partition coefficient (Wildman–Crippen LogP) is 3.92. The molecule has 1 heterocycles. The average Bonchev–Trinajstić information content (AvgIpc) is 3.26. The first kappa shape index (κ1) is 13.3. The second kappa shape index (κ2) is 5.77. The highest BCUT2D eigenvalue weighted by molar-refractivity contribution is 6.32. The molecule has 0 aliphatic heterocycles. The van der Waals surface area contributed by atoms with Crippen LogP contribution in [0.4, 0.5) is 4.39 Å². The van der Waals surface area contributed by atoms with Gasteiger partial charge in [0, 0.05) is 24.3 Å². The highest BCUT2D eigenvalue weighted by Crippen LogP contribution is 2.30. The van der Waals surface area contributed by atoms with Crippen molar-refractivity contribution in [3.63, 3.8) is 0 Å². The molecule has 0 amide bonds. The van der Waals surface area contributed by atoms with Crippen LogP contribution in [0.15, 0.2) is 36.5 Å². The Balaban J connectivity index is 1.78. The van der Waals surface area contributed by atoms with Crippen molar-refractivity contribution in [1.29, 1.82) is 0 Å². The van der Waals surface area contributed by atoms with E-state index < -0.39 is 5.82 Å². The van der Waals surface area contributed by atoms with Gasteiger partial charge in [-0.3, -0.25) is 0 Å². The zero-order chi connectivity index (χ0) is 13.9. The van der Waals surface area contributed by atoms with E-state index in [4.69, 9.17) is 16.3 Å². The summed E-state index contributed by atoms with van der Waals surface area (Å²) in [7, 11) is 0. The quantitative estimate of drug-likeness (QED) is 0.907. The highest BCUT2D eigenvalue weighted by Gasteiger charge is 2.21. The summed E-state index contributed by atoms with van der Waals surface area (Å²) < 4.78 is 19.7. The fourth-order valence-electron chi connectivity index (χ4n) is 1.84. The molecule has 104 valence electrons. The zero-order valence-electron chi connectivity index (χ0n) is 10.8. The number of benzene rings is 1. The molecule has 0 unspecified atom stereocenters. The third kappa shape index (κ3) is 3.08. The smallest absolute Gasteiger partial charge is 0.256 e. The first-order valence-corrected chi connectivity index (χ1v) is 6.91. The molecular formula is C15H14ClFN2O. The maximum absolute atomic E-state index is 14.3. The van der Waals surface area contributed by atoms with Gasteiger partial charge in [0.1, 0.15) is 5.75 Å². The van der Waals surface area contributed by atoms with Crippen molar-refractivity contribution in [1.82, 2.24) is 10.3 Å². The van der Waals surface area contributed by atoms with Crippen molar-refractivity contribution in [2.45, 2.75) is 25.4 Å². The van der Waals surface area contributed by atoms with E-state index in [9.17, 15) is 4.39 Å². The average molecular weight is 293 g/mol. The lowest BCUT2D eigenvalue weighted by Crippen LogP contribution is -2.16. The Morgan fingerprint density at radius 1 is 1.30 bits per heavy atom. The number of halogens is 2. The standard InChI is InChI=1S/C15H14ClFN2O/c16-12-3-1-2-4-13(12)20-15-14(17)10(7-8-18-15)9-19-11-5-6-11/h1-4,7-8,11,19H,5-6,9H2. The molecule has 0 radical (unpaired) electrons. The summed E-state index contributed by atoms with van der Waals surface area (Å²) in [5.74, 6) is -0.0957. The van der Waals surface area contributed by atoms with E-state index in [0.717, 1.165) is 12.8 Å². The van der Waals surface area contributed by atoms with Crippen molar-refractivity contribution >= 4 is 11.6 Å². The van der Waals surface area contributed by atoms with Crippen LogP contribution in [-0.4, -0.2) is 11.0 Å². The Hall–Kier alpha value is -1.65. The summed E-state index contributed by atoms with van der Waals surface area (Å²) in [6.07, 6.45) is 3.87. The van der Waals surface area contributed by atoms with Crippen molar-refractivity contribution < 1.29 is 9.13 Å². The monoisotopic (exact) mass is 292 g/mol. The minimum Gasteiger partial charge on any atom is -0.435 e. The normalized spacial score (nSPS) is 14.3. The zero-order valence-corrected chi connectivity index (χ0v) is 11.5. The van der Waals surface area contributed by atoms with Gasteiger partial charge in [-0.05, 0) is 31.0 Å². The Labute approximate surface area is 121 Å². The molecule has 1 aromatic heterocycles. The third-order valence-electron chi connectivity index (χ3n) is 3.14.